The number of anilines is 1. The zero-order chi connectivity index (χ0) is 21.5. The van der Waals surface area contributed by atoms with Crippen molar-refractivity contribution >= 4 is 40.5 Å². The number of carboxylic acid groups (broad SMARTS) is 1. The van der Waals surface area contributed by atoms with E-state index in [1.54, 1.807) is 16.8 Å². The third-order valence-electron chi connectivity index (χ3n) is 4.91. The van der Waals surface area contributed by atoms with E-state index >= 15 is 0 Å². The van der Waals surface area contributed by atoms with Crippen molar-refractivity contribution in [3.8, 4) is 0 Å². The van der Waals surface area contributed by atoms with E-state index in [2.05, 4.69) is 25.3 Å². The van der Waals surface area contributed by atoms with Gasteiger partial charge in [0, 0.05) is 18.4 Å². The van der Waals surface area contributed by atoms with Gasteiger partial charge >= 0.3 is 6.09 Å². The molecule has 0 atom stereocenters. The van der Waals surface area contributed by atoms with Gasteiger partial charge in [0.1, 0.15) is 5.82 Å². The second kappa shape index (κ2) is 7.51. The number of H-pyrrole nitrogens is 1. The number of hydrogen-bond donors (Lipinski definition) is 2. The van der Waals surface area contributed by atoms with Crippen LogP contribution in [0.3, 0.4) is 0 Å². The Morgan fingerprint density at radius 3 is 2.77 bits per heavy atom. The molecule has 0 fully saturated rings. The van der Waals surface area contributed by atoms with Crippen molar-refractivity contribution in [2.75, 3.05) is 11.9 Å². The molecular weight excluding hydrogens is 421 g/mol. The Morgan fingerprint density at radius 2 is 2.00 bits per heavy atom. The summed E-state index contributed by atoms with van der Waals surface area (Å²) in [5.41, 5.74) is 3.08. The summed E-state index contributed by atoms with van der Waals surface area (Å²) in [6, 6.07) is 11.8. The number of amides is 1. The zero-order valence-electron chi connectivity index (χ0n) is 16.3. The summed E-state index contributed by atoms with van der Waals surface area (Å²) in [4.78, 5) is 20.3. The first kappa shape index (κ1) is 19.2. The molecule has 0 aliphatic carbocycles. The number of halogens is 1. The number of aryl methyl sites for hydroxylation is 1. The van der Waals surface area contributed by atoms with Gasteiger partial charge in [-0.15, -0.1) is 10.2 Å². The summed E-state index contributed by atoms with van der Waals surface area (Å²) >= 11 is 1.39. The topological polar surface area (TPSA) is 112 Å². The van der Waals surface area contributed by atoms with Gasteiger partial charge in [0.05, 0.1) is 16.7 Å². The van der Waals surface area contributed by atoms with Crippen LogP contribution in [0.1, 0.15) is 17.8 Å². The van der Waals surface area contributed by atoms with Crippen molar-refractivity contribution in [1.82, 2.24) is 24.8 Å². The fourth-order valence-electron chi connectivity index (χ4n) is 3.25. The van der Waals surface area contributed by atoms with Crippen LogP contribution in [0.4, 0.5) is 15.1 Å². The van der Waals surface area contributed by atoms with Crippen LogP contribution < -0.4 is 4.90 Å². The minimum Gasteiger partial charge on any atom is -0.465 e. The molecule has 1 amide bonds. The quantitative estimate of drug-likeness (QED) is 0.503. The van der Waals surface area contributed by atoms with Crippen LogP contribution in [-0.2, 0) is 6.42 Å². The Bertz CT molecular complexity index is 1330. The van der Waals surface area contributed by atoms with Crippen LogP contribution in [0.15, 0.2) is 57.6 Å². The molecule has 0 bridgehead atoms. The average molecular weight is 437 g/mol. The second-order valence-electron chi connectivity index (χ2n) is 6.95. The molecular formula is C20H16FN7O2S. The first-order valence-electron chi connectivity index (χ1n) is 9.40. The van der Waals surface area contributed by atoms with Crippen LogP contribution in [0.5, 0.6) is 0 Å². The maximum Gasteiger partial charge on any atom is 0.413 e. The first-order valence-corrected chi connectivity index (χ1v) is 10.2. The van der Waals surface area contributed by atoms with Gasteiger partial charge < -0.3 is 10.1 Å². The molecule has 2 aromatic carbocycles. The van der Waals surface area contributed by atoms with Gasteiger partial charge in [0.25, 0.3) is 0 Å². The number of carbonyl (C=O) groups is 1. The van der Waals surface area contributed by atoms with Crippen LogP contribution in [-0.4, -0.2) is 48.8 Å². The predicted octanol–water partition coefficient (Wildman–Crippen LogP) is 3.76. The van der Waals surface area contributed by atoms with Crippen LogP contribution in [0, 0.1) is 5.82 Å². The lowest BCUT2D eigenvalue weighted by atomic mass is 10.0. The highest BCUT2D eigenvalue weighted by atomic mass is 32.2. The number of nitrogens with zero attached hydrogens (tertiary/aromatic N) is 6. The lowest BCUT2D eigenvalue weighted by Gasteiger charge is -2.14. The van der Waals surface area contributed by atoms with E-state index < -0.39 is 6.09 Å². The number of imidazole rings is 1. The lowest BCUT2D eigenvalue weighted by Crippen LogP contribution is -2.24. The number of hydrogen-bond acceptors (Lipinski definition) is 6. The molecule has 156 valence electrons. The van der Waals surface area contributed by atoms with Gasteiger partial charge in [0.2, 0.25) is 11.1 Å². The van der Waals surface area contributed by atoms with E-state index in [1.807, 2.05) is 18.2 Å². The summed E-state index contributed by atoms with van der Waals surface area (Å²) < 4.78 is 15.0. The van der Waals surface area contributed by atoms with Gasteiger partial charge in [-0.05, 0) is 54.1 Å². The number of nitrogens with one attached hydrogen (secondary N) is 1. The summed E-state index contributed by atoms with van der Waals surface area (Å²) in [5.74, 6) is 0.729. The minimum absolute atomic E-state index is 0.248. The van der Waals surface area contributed by atoms with E-state index in [9.17, 15) is 9.18 Å². The predicted molar refractivity (Wildman–Crippen MR) is 113 cm³/mol. The van der Waals surface area contributed by atoms with Crippen LogP contribution in [0.2, 0.25) is 0 Å². The molecule has 11 heteroatoms. The SMILES string of the molecule is CN(C(=O)O)c1nc2ccc(Sc3nnc4n3N=C(c3ccc(F)cc3)CC4)cc2[nH]1. The van der Waals surface area contributed by atoms with Crippen molar-refractivity contribution in [1.29, 1.82) is 0 Å². The summed E-state index contributed by atoms with van der Waals surface area (Å²) in [6.07, 6.45) is 0.293. The van der Waals surface area contributed by atoms with Crippen molar-refractivity contribution in [3.63, 3.8) is 0 Å². The normalized spacial score (nSPS) is 13.2. The molecule has 0 saturated heterocycles. The Hall–Kier alpha value is -3.73. The molecule has 2 aromatic heterocycles. The molecule has 9 nitrogen and oxygen atoms in total. The zero-order valence-corrected chi connectivity index (χ0v) is 17.1. The Kier molecular flexibility index (Phi) is 4.66. The smallest absolute Gasteiger partial charge is 0.413 e. The highest BCUT2D eigenvalue weighted by Crippen LogP contribution is 2.31. The first-order chi connectivity index (χ1) is 15.0. The van der Waals surface area contributed by atoms with Crippen LogP contribution in [0.25, 0.3) is 11.0 Å². The van der Waals surface area contributed by atoms with E-state index in [4.69, 9.17) is 5.11 Å². The summed E-state index contributed by atoms with van der Waals surface area (Å²) in [7, 11) is 1.43. The van der Waals surface area contributed by atoms with Crippen LogP contribution >= 0.6 is 11.8 Å². The van der Waals surface area contributed by atoms with Gasteiger partial charge in [-0.2, -0.15) is 9.78 Å². The third kappa shape index (κ3) is 3.63. The van der Waals surface area contributed by atoms with Gasteiger partial charge in [-0.1, -0.05) is 12.1 Å². The molecule has 2 N–H and O–H groups in total. The number of aromatic nitrogens is 5. The lowest BCUT2D eigenvalue weighted by molar-refractivity contribution is 0.203. The highest BCUT2D eigenvalue weighted by molar-refractivity contribution is 7.99. The molecule has 0 spiro atoms. The largest absolute Gasteiger partial charge is 0.465 e. The van der Waals surface area contributed by atoms with Gasteiger partial charge in [-0.3, -0.25) is 4.90 Å². The molecule has 31 heavy (non-hydrogen) atoms. The van der Waals surface area contributed by atoms with Crippen molar-refractivity contribution in [2.45, 2.75) is 22.9 Å². The molecule has 0 saturated carbocycles. The van der Waals surface area contributed by atoms with Crippen molar-refractivity contribution in [2.24, 2.45) is 5.10 Å². The monoisotopic (exact) mass is 437 g/mol. The molecule has 1 aliphatic heterocycles. The Morgan fingerprint density at radius 1 is 1.19 bits per heavy atom. The molecule has 0 radical (unpaired) electrons. The number of fused-ring (bicyclic) bond motifs is 2. The van der Waals surface area contributed by atoms with Crippen molar-refractivity contribution < 1.29 is 14.3 Å². The minimum atomic E-state index is -1.10. The average Bonchev–Trinajstić information content (AvgIpc) is 3.37. The van der Waals surface area contributed by atoms with Crippen molar-refractivity contribution in [3.05, 3.63) is 59.7 Å². The highest BCUT2D eigenvalue weighted by Gasteiger charge is 2.20. The summed E-state index contributed by atoms with van der Waals surface area (Å²) in [6.45, 7) is 0. The molecule has 1 aliphatic rings. The number of benzene rings is 2. The van der Waals surface area contributed by atoms with Gasteiger partial charge in [-0.25, -0.2) is 14.2 Å². The fraction of sp³-hybridized carbons (Fsp3) is 0.150. The van der Waals surface area contributed by atoms with Gasteiger partial charge in [0.15, 0.2) is 5.82 Å². The number of aromatic amines is 1. The standard InChI is InChI=1S/C20H16FN7O2S/c1-27(20(29)30)18-22-15-7-6-13(10-16(15)23-18)31-19-25-24-17-9-8-14(26-28(17)19)11-2-4-12(21)5-3-11/h2-7,10H,8-9H2,1H3,(H,22,23)(H,29,30). The Balaban J connectivity index is 1.44. The maximum atomic E-state index is 13.2. The molecule has 5 rings (SSSR count). The Labute approximate surface area is 179 Å². The maximum absolute atomic E-state index is 13.2. The number of rotatable bonds is 4. The molecule has 3 heterocycles. The molecule has 4 aromatic rings. The van der Waals surface area contributed by atoms with E-state index in [0.717, 1.165) is 26.9 Å². The van der Waals surface area contributed by atoms with E-state index in [1.165, 1.54) is 30.9 Å². The second-order valence-corrected chi connectivity index (χ2v) is 7.99. The molecule has 0 unspecified atom stereocenters. The third-order valence-corrected chi connectivity index (χ3v) is 5.84. The van der Waals surface area contributed by atoms with E-state index in [-0.39, 0.29) is 11.8 Å². The fourth-order valence-corrected chi connectivity index (χ4v) is 4.09. The van der Waals surface area contributed by atoms with E-state index in [0.29, 0.717) is 29.0 Å². The summed E-state index contributed by atoms with van der Waals surface area (Å²) in [5, 5.41) is 22.9.